The maximum Gasteiger partial charge on any atom is 0.123 e. The van der Waals surface area contributed by atoms with E-state index in [9.17, 15) is 4.39 Å². The van der Waals surface area contributed by atoms with Gasteiger partial charge in [0.2, 0.25) is 0 Å². The molecule has 2 nitrogen and oxygen atoms in total. The number of aryl methyl sites for hydroxylation is 1. The van der Waals surface area contributed by atoms with Crippen LogP contribution in [-0.2, 0) is 12.0 Å². The molecule has 3 heteroatoms. The summed E-state index contributed by atoms with van der Waals surface area (Å²) in [6.45, 7) is 9.50. The largest absolute Gasteiger partial charge is 0.466 e. The van der Waals surface area contributed by atoms with E-state index in [0.29, 0.717) is 6.04 Å². The van der Waals surface area contributed by atoms with Crippen LogP contribution in [0.2, 0.25) is 0 Å². The van der Waals surface area contributed by atoms with Crippen LogP contribution in [0.4, 0.5) is 4.39 Å². The minimum absolute atomic E-state index is 0.0208. The highest BCUT2D eigenvalue weighted by molar-refractivity contribution is 5.15. The lowest BCUT2D eigenvalue weighted by Gasteiger charge is -2.25. The lowest BCUT2D eigenvalue weighted by molar-refractivity contribution is -0.702. The van der Waals surface area contributed by atoms with Crippen molar-refractivity contribution < 1.29 is 14.1 Å². The third kappa shape index (κ3) is 4.43. The second-order valence-corrected chi connectivity index (χ2v) is 6.54. The summed E-state index contributed by atoms with van der Waals surface area (Å²) in [4.78, 5) is 0. The second-order valence-electron chi connectivity index (χ2n) is 6.54. The number of furan rings is 1. The fraction of sp³-hybridized carbons (Fsp3) is 0.444. The van der Waals surface area contributed by atoms with Crippen molar-refractivity contribution in [1.82, 2.24) is 0 Å². The van der Waals surface area contributed by atoms with E-state index in [0.717, 1.165) is 30.0 Å². The standard InChI is InChI=1S/C18H24FNO/c1-13(20-12-15-6-8-16(19)9-7-15)11-18(3,4)17-10-5-14(2)21-17/h5-10,13,20H,11-12H2,1-4H3/p+1/t13-/m0/s1. The van der Waals surface area contributed by atoms with Gasteiger partial charge in [-0.2, -0.15) is 0 Å². The van der Waals surface area contributed by atoms with Crippen LogP contribution in [0.3, 0.4) is 0 Å². The average molecular weight is 290 g/mol. The topological polar surface area (TPSA) is 29.8 Å². The van der Waals surface area contributed by atoms with Crippen molar-refractivity contribution in [2.75, 3.05) is 0 Å². The molecule has 114 valence electrons. The first-order valence-electron chi connectivity index (χ1n) is 7.51. The zero-order chi connectivity index (χ0) is 15.5. The minimum Gasteiger partial charge on any atom is -0.466 e. The van der Waals surface area contributed by atoms with Gasteiger partial charge >= 0.3 is 0 Å². The molecule has 1 aromatic carbocycles. The van der Waals surface area contributed by atoms with E-state index < -0.39 is 0 Å². The van der Waals surface area contributed by atoms with Crippen LogP contribution in [0, 0.1) is 12.7 Å². The molecular weight excluding hydrogens is 265 g/mol. The fourth-order valence-corrected chi connectivity index (χ4v) is 2.74. The number of quaternary nitrogens is 1. The molecule has 0 unspecified atom stereocenters. The number of benzene rings is 1. The van der Waals surface area contributed by atoms with E-state index >= 15 is 0 Å². The highest BCUT2D eigenvalue weighted by Gasteiger charge is 2.27. The van der Waals surface area contributed by atoms with Gasteiger partial charge in [-0.15, -0.1) is 0 Å². The summed E-state index contributed by atoms with van der Waals surface area (Å²) < 4.78 is 18.6. The quantitative estimate of drug-likeness (QED) is 0.866. The second kappa shape index (κ2) is 6.44. The van der Waals surface area contributed by atoms with Gasteiger partial charge in [-0.05, 0) is 38.1 Å². The van der Waals surface area contributed by atoms with Gasteiger partial charge in [0.15, 0.2) is 0 Å². The van der Waals surface area contributed by atoms with Crippen molar-refractivity contribution in [2.24, 2.45) is 0 Å². The lowest BCUT2D eigenvalue weighted by atomic mass is 9.83. The summed E-state index contributed by atoms with van der Waals surface area (Å²) in [7, 11) is 0. The van der Waals surface area contributed by atoms with Gasteiger partial charge in [0, 0.05) is 17.4 Å². The Bertz CT molecular complexity index is 571. The molecule has 0 saturated heterocycles. The molecule has 0 amide bonds. The Morgan fingerprint density at radius 3 is 2.38 bits per heavy atom. The van der Waals surface area contributed by atoms with E-state index in [1.807, 2.05) is 25.1 Å². The lowest BCUT2D eigenvalue weighted by Crippen LogP contribution is -2.88. The third-order valence-electron chi connectivity index (χ3n) is 3.91. The first kappa shape index (κ1) is 15.8. The SMILES string of the molecule is Cc1ccc(C(C)(C)C[C@H](C)[NH2+]Cc2ccc(F)cc2)o1. The predicted octanol–water partition coefficient (Wildman–Crippen LogP) is 3.55. The zero-order valence-electron chi connectivity index (χ0n) is 13.3. The Morgan fingerprint density at radius 2 is 1.81 bits per heavy atom. The molecule has 0 radical (unpaired) electrons. The van der Waals surface area contributed by atoms with Crippen molar-refractivity contribution in [1.29, 1.82) is 0 Å². The van der Waals surface area contributed by atoms with Gasteiger partial charge < -0.3 is 9.73 Å². The molecular formula is C18H25FNO+. The van der Waals surface area contributed by atoms with Crippen LogP contribution in [0.5, 0.6) is 0 Å². The Labute approximate surface area is 126 Å². The van der Waals surface area contributed by atoms with Crippen molar-refractivity contribution in [3.63, 3.8) is 0 Å². The van der Waals surface area contributed by atoms with Gasteiger partial charge in [0.1, 0.15) is 23.9 Å². The van der Waals surface area contributed by atoms with E-state index in [-0.39, 0.29) is 11.2 Å². The average Bonchev–Trinajstić information content (AvgIpc) is 2.85. The molecule has 0 aliphatic heterocycles. The third-order valence-corrected chi connectivity index (χ3v) is 3.91. The maximum absolute atomic E-state index is 12.9. The summed E-state index contributed by atoms with van der Waals surface area (Å²) in [5.74, 6) is 1.82. The molecule has 1 heterocycles. The molecule has 1 aromatic heterocycles. The monoisotopic (exact) mass is 290 g/mol. The molecule has 1 atom stereocenters. The van der Waals surface area contributed by atoms with Gasteiger partial charge in [0.25, 0.3) is 0 Å². The van der Waals surface area contributed by atoms with Crippen LogP contribution in [0.1, 0.15) is 44.3 Å². The summed E-state index contributed by atoms with van der Waals surface area (Å²) in [6, 6.07) is 11.3. The van der Waals surface area contributed by atoms with Crippen molar-refractivity contribution in [3.8, 4) is 0 Å². The van der Waals surface area contributed by atoms with Crippen LogP contribution in [0.25, 0.3) is 0 Å². The molecule has 0 bridgehead atoms. The van der Waals surface area contributed by atoms with Crippen molar-refractivity contribution in [2.45, 2.75) is 52.1 Å². The van der Waals surface area contributed by atoms with E-state index in [2.05, 4.69) is 32.2 Å². The molecule has 2 rings (SSSR count). The molecule has 2 aromatic rings. The van der Waals surface area contributed by atoms with Crippen molar-refractivity contribution >= 4 is 0 Å². The summed E-state index contributed by atoms with van der Waals surface area (Å²) in [6.07, 6.45) is 1.03. The summed E-state index contributed by atoms with van der Waals surface area (Å²) >= 11 is 0. The normalized spacial score (nSPS) is 13.4. The molecule has 2 N–H and O–H groups in total. The highest BCUT2D eigenvalue weighted by atomic mass is 19.1. The van der Waals surface area contributed by atoms with Crippen LogP contribution >= 0.6 is 0 Å². The van der Waals surface area contributed by atoms with E-state index in [1.165, 1.54) is 12.1 Å². The van der Waals surface area contributed by atoms with Crippen LogP contribution in [-0.4, -0.2) is 6.04 Å². The van der Waals surface area contributed by atoms with Crippen molar-refractivity contribution in [3.05, 3.63) is 59.3 Å². The molecule has 0 aliphatic rings. The van der Waals surface area contributed by atoms with Gasteiger partial charge in [-0.1, -0.05) is 26.0 Å². The Morgan fingerprint density at radius 1 is 1.14 bits per heavy atom. The number of halogens is 1. The molecule has 0 saturated carbocycles. The van der Waals surface area contributed by atoms with Crippen LogP contribution in [0.15, 0.2) is 40.8 Å². The molecule has 0 fully saturated rings. The summed E-state index contributed by atoms with van der Waals surface area (Å²) in [5, 5.41) is 2.30. The Kier molecular flexibility index (Phi) is 4.84. The zero-order valence-corrected chi connectivity index (χ0v) is 13.3. The predicted molar refractivity (Wildman–Crippen MR) is 82.6 cm³/mol. The van der Waals surface area contributed by atoms with Gasteiger partial charge in [0.05, 0.1) is 6.04 Å². The molecule has 0 spiro atoms. The van der Waals surface area contributed by atoms with Gasteiger partial charge in [-0.25, -0.2) is 4.39 Å². The van der Waals surface area contributed by atoms with E-state index in [4.69, 9.17) is 4.42 Å². The minimum atomic E-state index is -0.180. The smallest absolute Gasteiger partial charge is 0.123 e. The maximum atomic E-state index is 12.9. The number of hydrogen-bond acceptors (Lipinski definition) is 1. The molecule has 21 heavy (non-hydrogen) atoms. The van der Waals surface area contributed by atoms with E-state index in [1.54, 1.807) is 0 Å². The first-order valence-corrected chi connectivity index (χ1v) is 7.51. The summed E-state index contributed by atoms with van der Waals surface area (Å²) in [5.41, 5.74) is 1.17. The fourth-order valence-electron chi connectivity index (χ4n) is 2.74. The number of rotatable bonds is 6. The Balaban J connectivity index is 1.89. The number of nitrogens with two attached hydrogens (primary N) is 1. The molecule has 0 aliphatic carbocycles. The highest BCUT2D eigenvalue weighted by Crippen LogP contribution is 2.29. The Hall–Kier alpha value is -1.61. The van der Waals surface area contributed by atoms with Gasteiger partial charge in [-0.3, -0.25) is 0 Å². The van der Waals surface area contributed by atoms with Crippen LogP contribution < -0.4 is 5.32 Å². The first-order chi connectivity index (χ1) is 9.87. The number of hydrogen-bond donors (Lipinski definition) is 1.